The molecule has 0 aromatic heterocycles. The molecule has 0 amide bonds. The van der Waals surface area contributed by atoms with Crippen LogP contribution in [0.5, 0.6) is 0 Å². The van der Waals surface area contributed by atoms with Gasteiger partial charge in [0.2, 0.25) is 0 Å². The van der Waals surface area contributed by atoms with Gasteiger partial charge in [-0.3, -0.25) is 0 Å². The molecule has 0 aromatic rings. The average molecular weight is 185 g/mol. The molecule has 1 nitrogen and oxygen atoms in total. The summed E-state index contributed by atoms with van der Waals surface area (Å²) in [4.78, 5) is 0. The second-order valence-electron chi connectivity index (χ2n) is 0. The monoisotopic (exact) mass is 184 g/mol. The zero-order valence-electron chi connectivity index (χ0n) is 1.45. The van der Waals surface area contributed by atoms with Gasteiger partial charge in [-0.2, -0.15) is 0 Å². The van der Waals surface area contributed by atoms with Crippen molar-refractivity contribution in [3.63, 3.8) is 0 Å². The van der Waals surface area contributed by atoms with Gasteiger partial charge >= 0.3 is 50.3 Å². The fourth-order valence-corrected chi connectivity index (χ4v) is 0. The van der Waals surface area contributed by atoms with E-state index in [-0.39, 0.29) is 55.8 Å². The van der Waals surface area contributed by atoms with E-state index >= 15 is 0 Å². The van der Waals surface area contributed by atoms with Crippen LogP contribution < -0.4 is 0 Å². The first kappa shape index (κ1) is 50.2. The van der Waals surface area contributed by atoms with E-state index in [1.165, 1.54) is 0 Å². The predicted octanol–water partition coefficient (Wildman–Crippen LogP) is -0.126. The van der Waals surface area contributed by atoms with Crippen LogP contribution in [0.4, 0.5) is 0 Å². The van der Waals surface area contributed by atoms with Gasteiger partial charge in [0.25, 0.3) is 0 Å². The van der Waals surface area contributed by atoms with E-state index in [9.17, 15) is 0 Å². The largest absolute Gasteiger partial charge is 3.00 e. The van der Waals surface area contributed by atoms with Crippen molar-refractivity contribution in [2.24, 2.45) is 0 Å². The van der Waals surface area contributed by atoms with Gasteiger partial charge in [0.05, 0.1) is 0 Å². The molecule has 0 atom stereocenters. The molecule has 0 aliphatic rings. The summed E-state index contributed by atoms with van der Waals surface area (Å²) in [5, 5.41) is 0. The topological polar surface area (TPSA) is 28.5 Å². The van der Waals surface area contributed by atoms with Gasteiger partial charge in [0.1, 0.15) is 0 Å². The Labute approximate surface area is 55.8 Å². The third kappa shape index (κ3) is 9.77. The molecule has 0 N–H and O–H groups in total. The van der Waals surface area contributed by atoms with Gasteiger partial charge in [-0.1, -0.05) is 0 Å². The maximum absolute atomic E-state index is 0. The molecule has 0 aliphatic heterocycles. The molecule has 1 radical (unpaired) electrons. The minimum absolute atomic E-state index is 0. The molecule has 0 aromatic carbocycles. The second-order valence-corrected chi connectivity index (χ2v) is 0. The second kappa shape index (κ2) is 24.8. The van der Waals surface area contributed by atoms with E-state index < -0.39 is 0 Å². The fraction of sp³-hybridized carbons (Fsp3) is 0. The molecule has 0 bridgehead atoms. The Bertz CT molecular complexity index is 6.00. The van der Waals surface area contributed by atoms with E-state index in [1.807, 2.05) is 0 Å². The van der Waals surface area contributed by atoms with Gasteiger partial charge in [-0.05, 0) is 0 Å². The fourth-order valence-electron chi connectivity index (χ4n) is 0. The van der Waals surface area contributed by atoms with E-state index in [0.717, 1.165) is 0 Å². The Morgan fingerprint density at radius 1 is 0.750 bits per heavy atom. The molecular formula is CrNi2O+5. The molecule has 0 fully saturated rings. The average Bonchev–Trinajstić information content (AvgIpc) is 0. The first-order valence-electron chi connectivity index (χ1n) is 0. The van der Waals surface area contributed by atoms with Crippen LogP contribution in [-0.2, 0) is 55.8 Å². The third-order valence-corrected chi connectivity index (χ3v) is 0. The van der Waals surface area contributed by atoms with Crippen molar-refractivity contribution in [2.75, 3.05) is 0 Å². The smallest absolute Gasteiger partial charge is 2.00 e. The Balaban J connectivity index is 0. The molecule has 0 heterocycles. The van der Waals surface area contributed by atoms with Crippen LogP contribution in [0.3, 0.4) is 0 Å². The first-order chi connectivity index (χ1) is 0. The molecule has 0 spiro atoms. The normalized spacial score (nSPS) is 0. The van der Waals surface area contributed by atoms with Crippen molar-refractivity contribution in [1.82, 2.24) is 0 Å². The van der Waals surface area contributed by atoms with Crippen molar-refractivity contribution < 1.29 is 55.8 Å². The van der Waals surface area contributed by atoms with Crippen molar-refractivity contribution >= 4 is 0 Å². The summed E-state index contributed by atoms with van der Waals surface area (Å²) in [6, 6.07) is 0. The van der Waals surface area contributed by atoms with Crippen LogP contribution in [0.2, 0.25) is 0 Å². The zero-order chi connectivity index (χ0) is 0. The van der Waals surface area contributed by atoms with Crippen LogP contribution in [0.25, 0.3) is 0 Å². The SMILES string of the molecule is [Cr+3].[Ni+2].[Ni+2].[O-2]. The van der Waals surface area contributed by atoms with Crippen molar-refractivity contribution in [2.45, 2.75) is 0 Å². The van der Waals surface area contributed by atoms with E-state index in [0.29, 0.717) is 0 Å². The number of hydrogen-bond donors (Lipinski definition) is 0. The molecule has 4 heavy (non-hydrogen) atoms. The van der Waals surface area contributed by atoms with Crippen molar-refractivity contribution in [1.29, 1.82) is 0 Å². The summed E-state index contributed by atoms with van der Waals surface area (Å²) in [7, 11) is 0. The summed E-state index contributed by atoms with van der Waals surface area (Å²) in [6.07, 6.45) is 0. The third-order valence-electron chi connectivity index (χ3n) is 0. The van der Waals surface area contributed by atoms with Gasteiger partial charge in [-0.15, -0.1) is 0 Å². The Kier molecular flexibility index (Phi) is 311. The minimum Gasteiger partial charge on any atom is -2.00 e. The summed E-state index contributed by atoms with van der Waals surface area (Å²) in [5.74, 6) is 0. The molecule has 4 heteroatoms. The van der Waals surface area contributed by atoms with E-state index in [1.54, 1.807) is 0 Å². The quantitative estimate of drug-likeness (QED) is 0.471. The summed E-state index contributed by atoms with van der Waals surface area (Å²) >= 11 is 0. The molecule has 0 saturated carbocycles. The Morgan fingerprint density at radius 3 is 0.750 bits per heavy atom. The van der Waals surface area contributed by atoms with E-state index in [2.05, 4.69) is 0 Å². The molecule has 0 aliphatic carbocycles. The maximum atomic E-state index is 0. The number of hydrogen-bond acceptors (Lipinski definition) is 0. The van der Waals surface area contributed by atoms with Gasteiger partial charge in [0.15, 0.2) is 0 Å². The van der Waals surface area contributed by atoms with Gasteiger partial charge < -0.3 is 5.48 Å². The molecule has 27 valence electrons. The molecular weight excluding hydrogens is 185 g/mol. The Morgan fingerprint density at radius 2 is 0.750 bits per heavy atom. The molecule has 0 rings (SSSR count). The van der Waals surface area contributed by atoms with Crippen molar-refractivity contribution in [3.05, 3.63) is 0 Å². The van der Waals surface area contributed by atoms with Crippen LogP contribution in [-0.4, -0.2) is 0 Å². The van der Waals surface area contributed by atoms with Crippen LogP contribution in [0.15, 0.2) is 0 Å². The van der Waals surface area contributed by atoms with Gasteiger partial charge in [-0.25, -0.2) is 0 Å². The van der Waals surface area contributed by atoms with Crippen LogP contribution in [0.1, 0.15) is 0 Å². The molecule has 0 saturated heterocycles. The first-order valence-corrected chi connectivity index (χ1v) is 0. The Hall–Kier alpha value is 1.48. The van der Waals surface area contributed by atoms with Crippen LogP contribution >= 0.6 is 0 Å². The maximum Gasteiger partial charge on any atom is 3.00 e. The zero-order valence-corrected chi connectivity index (χ0v) is 4.70. The summed E-state index contributed by atoms with van der Waals surface area (Å²) in [5.41, 5.74) is 0. The number of rotatable bonds is 0. The standard InChI is InChI=1S/Cr.2Ni.O/q+3;2*+2;-2. The van der Waals surface area contributed by atoms with Gasteiger partial charge in [0, 0.05) is 0 Å². The predicted molar refractivity (Wildman–Crippen MR) is 0.686 cm³/mol. The minimum atomic E-state index is 0. The summed E-state index contributed by atoms with van der Waals surface area (Å²) in [6.45, 7) is 0. The van der Waals surface area contributed by atoms with Crippen LogP contribution in [0, 0.1) is 0 Å². The van der Waals surface area contributed by atoms with Crippen molar-refractivity contribution in [3.8, 4) is 0 Å². The van der Waals surface area contributed by atoms with E-state index in [4.69, 9.17) is 0 Å². The summed E-state index contributed by atoms with van der Waals surface area (Å²) < 4.78 is 0. The molecule has 0 unspecified atom stereocenters.